The number of aromatic nitrogens is 2. The Balaban J connectivity index is 1.45. The van der Waals surface area contributed by atoms with Gasteiger partial charge in [0.15, 0.2) is 0 Å². The van der Waals surface area contributed by atoms with Crippen molar-refractivity contribution in [1.82, 2.24) is 9.97 Å². The lowest BCUT2D eigenvalue weighted by molar-refractivity contribution is 0.178. The highest BCUT2D eigenvalue weighted by molar-refractivity contribution is 5.58. The molecule has 1 aromatic carbocycles. The molecule has 1 aromatic heterocycles. The quantitative estimate of drug-likeness (QED) is 0.510. The Morgan fingerprint density at radius 3 is 2.26 bits per heavy atom. The maximum absolute atomic E-state index is 6.07. The molecule has 2 aromatic rings. The van der Waals surface area contributed by atoms with E-state index in [9.17, 15) is 0 Å². The minimum absolute atomic E-state index is 0.722. The van der Waals surface area contributed by atoms with Crippen molar-refractivity contribution in [2.75, 3.05) is 6.61 Å². The molecule has 0 bridgehead atoms. The molecular formula is C24H34N2O. The maximum Gasteiger partial charge on any atom is 0.119 e. The summed E-state index contributed by atoms with van der Waals surface area (Å²) in [6.45, 7) is 5.30. The average Bonchev–Trinajstić information content (AvgIpc) is 2.73. The second-order valence-electron chi connectivity index (χ2n) is 8.01. The molecule has 27 heavy (non-hydrogen) atoms. The first-order valence-corrected chi connectivity index (χ1v) is 10.8. The molecule has 1 saturated carbocycles. The summed E-state index contributed by atoms with van der Waals surface area (Å²) in [5, 5.41) is 0. The van der Waals surface area contributed by atoms with Gasteiger partial charge in [0.25, 0.3) is 0 Å². The lowest BCUT2D eigenvalue weighted by Crippen LogP contribution is -2.20. The van der Waals surface area contributed by atoms with E-state index in [1.54, 1.807) is 0 Å². The zero-order chi connectivity index (χ0) is 18.9. The maximum atomic E-state index is 6.07. The molecule has 3 heteroatoms. The molecule has 3 nitrogen and oxygen atoms in total. The van der Waals surface area contributed by atoms with Crippen molar-refractivity contribution in [2.45, 2.75) is 71.6 Å². The second-order valence-corrected chi connectivity index (χ2v) is 8.01. The van der Waals surface area contributed by atoms with Crippen LogP contribution in [-0.2, 0) is 6.42 Å². The van der Waals surface area contributed by atoms with Gasteiger partial charge in [0.2, 0.25) is 0 Å². The number of hydrogen-bond donors (Lipinski definition) is 0. The molecule has 0 saturated heterocycles. The van der Waals surface area contributed by atoms with Crippen molar-refractivity contribution in [1.29, 1.82) is 0 Å². The highest BCUT2D eigenvalue weighted by atomic mass is 16.5. The Labute approximate surface area is 164 Å². The first-order chi connectivity index (χ1) is 13.3. The molecule has 0 N–H and O–H groups in total. The first kappa shape index (κ1) is 19.9. The molecule has 0 atom stereocenters. The molecule has 0 spiro atoms. The van der Waals surface area contributed by atoms with Crippen LogP contribution < -0.4 is 4.74 Å². The van der Waals surface area contributed by atoms with Gasteiger partial charge in [-0.25, -0.2) is 0 Å². The van der Waals surface area contributed by atoms with Crippen LogP contribution in [0.15, 0.2) is 36.7 Å². The molecule has 0 amide bonds. The lowest BCUT2D eigenvalue weighted by atomic mass is 9.80. The molecule has 1 fully saturated rings. The van der Waals surface area contributed by atoms with Crippen LogP contribution in [-0.4, -0.2) is 16.6 Å². The topological polar surface area (TPSA) is 35.0 Å². The molecule has 1 heterocycles. The van der Waals surface area contributed by atoms with Gasteiger partial charge < -0.3 is 4.74 Å². The highest BCUT2D eigenvalue weighted by Crippen LogP contribution is 2.32. The molecule has 0 unspecified atom stereocenters. The fourth-order valence-electron chi connectivity index (χ4n) is 4.00. The van der Waals surface area contributed by atoms with Crippen LogP contribution in [0.2, 0.25) is 0 Å². The Morgan fingerprint density at radius 1 is 0.889 bits per heavy atom. The van der Waals surface area contributed by atoms with Crippen LogP contribution in [0.3, 0.4) is 0 Å². The fraction of sp³-hybridized carbons (Fsp3) is 0.583. The van der Waals surface area contributed by atoms with E-state index in [-0.39, 0.29) is 0 Å². The van der Waals surface area contributed by atoms with Crippen molar-refractivity contribution in [3.8, 4) is 17.0 Å². The van der Waals surface area contributed by atoms with Gasteiger partial charge >= 0.3 is 0 Å². The summed E-state index contributed by atoms with van der Waals surface area (Å²) < 4.78 is 6.07. The predicted molar refractivity (Wildman–Crippen MR) is 112 cm³/mol. The Morgan fingerprint density at radius 2 is 1.63 bits per heavy atom. The van der Waals surface area contributed by atoms with E-state index in [0.717, 1.165) is 54.0 Å². The van der Waals surface area contributed by atoms with Gasteiger partial charge in [-0.05, 0) is 55.4 Å². The van der Waals surface area contributed by atoms with Gasteiger partial charge in [0.05, 0.1) is 24.2 Å². The number of hydrogen-bond acceptors (Lipinski definition) is 3. The number of aryl methyl sites for hydroxylation is 1. The van der Waals surface area contributed by atoms with Crippen LogP contribution in [0.1, 0.15) is 70.9 Å². The molecule has 0 radical (unpaired) electrons. The molecular weight excluding hydrogens is 332 g/mol. The summed E-state index contributed by atoms with van der Waals surface area (Å²) in [7, 11) is 0. The number of ether oxygens (including phenoxy) is 1. The van der Waals surface area contributed by atoms with Crippen molar-refractivity contribution in [3.63, 3.8) is 0 Å². The van der Waals surface area contributed by atoms with Gasteiger partial charge in [-0.2, -0.15) is 0 Å². The third-order valence-electron chi connectivity index (χ3n) is 5.78. The summed E-state index contributed by atoms with van der Waals surface area (Å²) in [5.41, 5.74) is 3.08. The number of unbranched alkanes of at least 4 members (excludes halogenated alkanes) is 1. The molecule has 3 rings (SSSR count). The largest absolute Gasteiger partial charge is 0.493 e. The van der Waals surface area contributed by atoms with Crippen LogP contribution in [0.5, 0.6) is 5.75 Å². The number of benzene rings is 1. The molecule has 0 aliphatic heterocycles. The Bertz CT molecular complexity index is 658. The van der Waals surface area contributed by atoms with Crippen molar-refractivity contribution < 1.29 is 4.74 Å². The molecule has 1 aliphatic rings. The average molecular weight is 367 g/mol. The third kappa shape index (κ3) is 6.05. The van der Waals surface area contributed by atoms with Gasteiger partial charge in [-0.1, -0.05) is 52.4 Å². The zero-order valence-corrected chi connectivity index (χ0v) is 17.0. The monoisotopic (exact) mass is 366 g/mol. The van der Waals surface area contributed by atoms with E-state index in [0.29, 0.717) is 0 Å². The highest BCUT2D eigenvalue weighted by Gasteiger charge is 2.21. The van der Waals surface area contributed by atoms with Crippen molar-refractivity contribution in [2.24, 2.45) is 11.8 Å². The van der Waals surface area contributed by atoms with Gasteiger partial charge in [-0.3, -0.25) is 9.97 Å². The number of nitrogens with zero attached hydrogens (tertiary/aromatic N) is 2. The summed E-state index contributed by atoms with van der Waals surface area (Å²) >= 11 is 0. The normalized spacial score (nSPS) is 19.8. The van der Waals surface area contributed by atoms with E-state index >= 15 is 0 Å². The summed E-state index contributed by atoms with van der Waals surface area (Å²) in [6.07, 6.45) is 15.4. The standard InChI is InChI=1S/C24H34N2O/c1-3-5-7-19-8-10-20(11-9-19)18-27-23-14-12-21(13-15-23)24-17-25-22(6-4-2)16-26-24/h12-17,19-20H,3-11,18H2,1-2H3. The van der Waals surface area contributed by atoms with E-state index in [1.807, 2.05) is 12.4 Å². The lowest BCUT2D eigenvalue weighted by Gasteiger charge is -2.28. The SMILES string of the molecule is CCCCC1CCC(COc2ccc(-c3cnc(CCC)cn3)cc2)CC1. The Kier molecular flexibility index (Phi) is 7.67. The van der Waals surface area contributed by atoms with Crippen molar-refractivity contribution in [3.05, 3.63) is 42.4 Å². The summed E-state index contributed by atoms with van der Waals surface area (Å²) in [6, 6.07) is 8.29. The number of rotatable bonds is 9. The first-order valence-electron chi connectivity index (χ1n) is 10.8. The zero-order valence-electron chi connectivity index (χ0n) is 17.0. The van der Waals surface area contributed by atoms with Crippen LogP contribution in [0, 0.1) is 11.8 Å². The summed E-state index contributed by atoms with van der Waals surface area (Å²) in [4.78, 5) is 9.04. The summed E-state index contributed by atoms with van der Waals surface area (Å²) in [5.74, 6) is 2.65. The Hall–Kier alpha value is -1.90. The minimum atomic E-state index is 0.722. The van der Waals surface area contributed by atoms with Crippen LogP contribution in [0.4, 0.5) is 0 Å². The fourth-order valence-corrected chi connectivity index (χ4v) is 4.00. The molecule has 1 aliphatic carbocycles. The van der Waals surface area contributed by atoms with Gasteiger partial charge in [0, 0.05) is 11.8 Å². The predicted octanol–water partition coefficient (Wildman–Crippen LogP) is 6.47. The van der Waals surface area contributed by atoms with Crippen LogP contribution in [0.25, 0.3) is 11.3 Å². The van der Waals surface area contributed by atoms with E-state index in [1.165, 1.54) is 44.9 Å². The van der Waals surface area contributed by atoms with Gasteiger partial charge in [0.1, 0.15) is 5.75 Å². The van der Waals surface area contributed by atoms with E-state index < -0.39 is 0 Å². The minimum Gasteiger partial charge on any atom is -0.493 e. The van der Waals surface area contributed by atoms with Crippen LogP contribution >= 0.6 is 0 Å². The smallest absolute Gasteiger partial charge is 0.119 e. The second kappa shape index (κ2) is 10.4. The van der Waals surface area contributed by atoms with Gasteiger partial charge in [-0.15, -0.1) is 0 Å². The van der Waals surface area contributed by atoms with E-state index in [2.05, 4.69) is 48.1 Å². The van der Waals surface area contributed by atoms with E-state index in [4.69, 9.17) is 4.74 Å². The molecule has 146 valence electrons. The van der Waals surface area contributed by atoms with Crippen molar-refractivity contribution >= 4 is 0 Å². The third-order valence-corrected chi connectivity index (χ3v) is 5.78.